The number of alkyl halides is 1. The number of carbonyl (C=O) groups excluding carboxylic acids is 1. The Balaban J connectivity index is 2.95. The highest BCUT2D eigenvalue weighted by atomic mass is 35.5. The van der Waals surface area contributed by atoms with Gasteiger partial charge in [-0.3, -0.25) is 4.79 Å². The van der Waals surface area contributed by atoms with Gasteiger partial charge in [-0.15, -0.1) is 11.6 Å². The van der Waals surface area contributed by atoms with E-state index in [9.17, 15) is 4.79 Å². The molecule has 0 aromatic heterocycles. The number of nitrogens with zero attached hydrogens (tertiary/aromatic N) is 1. The van der Waals surface area contributed by atoms with Crippen molar-refractivity contribution in [2.45, 2.75) is 26.1 Å². The van der Waals surface area contributed by atoms with Crippen LogP contribution in [-0.2, 0) is 4.79 Å². The largest absolute Gasteiger partial charge is 0.494 e. The van der Waals surface area contributed by atoms with Gasteiger partial charge < -0.3 is 9.64 Å². The predicted molar refractivity (Wildman–Crippen MR) is 74.1 cm³/mol. The molecule has 1 unspecified atom stereocenters. The number of halogens is 1. The Morgan fingerprint density at radius 2 is 1.89 bits per heavy atom. The maximum atomic E-state index is 12.2. The van der Waals surface area contributed by atoms with Crippen LogP contribution in [0.15, 0.2) is 24.3 Å². The van der Waals surface area contributed by atoms with Crippen LogP contribution in [0.2, 0.25) is 0 Å². The Labute approximate surface area is 114 Å². The van der Waals surface area contributed by atoms with E-state index in [-0.39, 0.29) is 5.91 Å². The number of para-hydroxylation sites is 1. The lowest BCUT2D eigenvalue weighted by Crippen LogP contribution is -2.33. The van der Waals surface area contributed by atoms with E-state index < -0.39 is 5.38 Å². The summed E-state index contributed by atoms with van der Waals surface area (Å²) in [6, 6.07) is 7.41. The first kappa shape index (κ1) is 14.8. The number of hydrogen-bond acceptors (Lipinski definition) is 2. The van der Waals surface area contributed by atoms with Crippen molar-refractivity contribution in [3.05, 3.63) is 29.8 Å². The highest BCUT2D eigenvalue weighted by Gasteiger charge is 2.24. The molecule has 3 nitrogen and oxygen atoms in total. The summed E-state index contributed by atoms with van der Waals surface area (Å²) in [5.74, 6) is 0.606. The van der Waals surface area contributed by atoms with Crippen LogP contribution in [0.1, 0.15) is 31.7 Å². The molecule has 0 aliphatic rings. The highest BCUT2D eigenvalue weighted by molar-refractivity contribution is 6.31. The molecule has 1 amide bonds. The summed E-state index contributed by atoms with van der Waals surface area (Å²) in [4.78, 5) is 13.9. The van der Waals surface area contributed by atoms with Gasteiger partial charge in [-0.25, -0.2) is 0 Å². The summed E-state index contributed by atoms with van der Waals surface area (Å²) in [6.45, 7) is 7.68. The smallest absolute Gasteiger partial charge is 0.245 e. The normalized spacial score (nSPS) is 12.0. The van der Waals surface area contributed by atoms with Crippen molar-refractivity contribution in [1.82, 2.24) is 4.90 Å². The molecule has 0 bridgehead atoms. The summed E-state index contributed by atoms with van der Waals surface area (Å²) in [5.41, 5.74) is 0.734. The van der Waals surface area contributed by atoms with Gasteiger partial charge in [0, 0.05) is 18.7 Å². The molecule has 0 fully saturated rings. The van der Waals surface area contributed by atoms with Gasteiger partial charge in [0.2, 0.25) is 5.91 Å². The number of ether oxygens (including phenoxy) is 1. The first-order valence-electron chi connectivity index (χ1n) is 6.30. The fourth-order valence-electron chi connectivity index (χ4n) is 1.81. The maximum absolute atomic E-state index is 12.2. The number of carbonyl (C=O) groups is 1. The summed E-state index contributed by atoms with van der Waals surface area (Å²) in [5, 5.41) is -0.687. The molecule has 18 heavy (non-hydrogen) atoms. The average molecular weight is 270 g/mol. The van der Waals surface area contributed by atoms with Gasteiger partial charge in [-0.05, 0) is 26.8 Å². The van der Waals surface area contributed by atoms with E-state index in [0.717, 1.165) is 5.56 Å². The number of benzene rings is 1. The first-order valence-corrected chi connectivity index (χ1v) is 6.73. The van der Waals surface area contributed by atoms with E-state index in [4.69, 9.17) is 16.3 Å². The Morgan fingerprint density at radius 1 is 1.28 bits per heavy atom. The lowest BCUT2D eigenvalue weighted by atomic mass is 10.1. The minimum atomic E-state index is -0.687. The second kappa shape index (κ2) is 7.27. The van der Waals surface area contributed by atoms with Gasteiger partial charge >= 0.3 is 0 Å². The second-order valence-electron chi connectivity index (χ2n) is 3.84. The zero-order valence-corrected chi connectivity index (χ0v) is 11.9. The summed E-state index contributed by atoms with van der Waals surface area (Å²) in [7, 11) is 0. The molecular weight excluding hydrogens is 250 g/mol. The zero-order valence-electron chi connectivity index (χ0n) is 11.1. The van der Waals surface area contributed by atoms with Crippen molar-refractivity contribution in [2.75, 3.05) is 19.7 Å². The molecule has 4 heteroatoms. The van der Waals surface area contributed by atoms with Crippen LogP contribution in [0.4, 0.5) is 0 Å². The van der Waals surface area contributed by atoms with Gasteiger partial charge in [0.05, 0.1) is 6.61 Å². The Kier molecular flexibility index (Phi) is 5.99. The minimum absolute atomic E-state index is 0.0752. The summed E-state index contributed by atoms with van der Waals surface area (Å²) in [6.07, 6.45) is 0. The molecule has 0 aliphatic heterocycles. The number of likely N-dealkylation sites (N-methyl/N-ethyl adjacent to an activating group) is 1. The van der Waals surface area contributed by atoms with Crippen molar-refractivity contribution in [3.63, 3.8) is 0 Å². The molecule has 1 rings (SSSR count). The Hall–Kier alpha value is -1.22. The van der Waals surface area contributed by atoms with Gasteiger partial charge in [0.1, 0.15) is 11.1 Å². The van der Waals surface area contributed by atoms with Gasteiger partial charge in [-0.1, -0.05) is 18.2 Å². The molecule has 0 aliphatic carbocycles. The molecule has 0 spiro atoms. The van der Waals surface area contributed by atoms with Gasteiger partial charge in [0.25, 0.3) is 0 Å². The van der Waals surface area contributed by atoms with Gasteiger partial charge in [-0.2, -0.15) is 0 Å². The van der Waals surface area contributed by atoms with E-state index in [1.54, 1.807) is 4.90 Å². The van der Waals surface area contributed by atoms with Crippen LogP contribution in [0.3, 0.4) is 0 Å². The van der Waals surface area contributed by atoms with E-state index in [2.05, 4.69) is 0 Å². The monoisotopic (exact) mass is 269 g/mol. The molecule has 0 N–H and O–H groups in total. The van der Waals surface area contributed by atoms with E-state index in [0.29, 0.717) is 25.4 Å². The fraction of sp³-hybridized carbons (Fsp3) is 0.500. The van der Waals surface area contributed by atoms with Crippen LogP contribution in [-0.4, -0.2) is 30.5 Å². The van der Waals surface area contributed by atoms with Gasteiger partial charge in [0.15, 0.2) is 0 Å². The molecule has 0 saturated heterocycles. The molecular formula is C14H20ClNO2. The molecule has 1 atom stereocenters. The average Bonchev–Trinajstić information content (AvgIpc) is 2.40. The van der Waals surface area contributed by atoms with E-state index >= 15 is 0 Å². The number of amides is 1. The summed E-state index contributed by atoms with van der Waals surface area (Å²) < 4.78 is 5.50. The second-order valence-corrected chi connectivity index (χ2v) is 4.28. The Morgan fingerprint density at radius 3 is 2.44 bits per heavy atom. The van der Waals surface area contributed by atoms with Crippen molar-refractivity contribution in [2.24, 2.45) is 0 Å². The molecule has 0 saturated carbocycles. The highest BCUT2D eigenvalue weighted by Crippen LogP contribution is 2.31. The SMILES string of the molecule is CCOc1ccccc1C(Cl)C(=O)N(CC)CC. The van der Waals surface area contributed by atoms with Crippen LogP contribution in [0.5, 0.6) is 5.75 Å². The molecule has 0 heterocycles. The summed E-state index contributed by atoms with van der Waals surface area (Å²) >= 11 is 6.28. The quantitative estimate of drug-likeness (QED) is 0.742. The van der Waals surface area contributed by atoms with E-state index in [1.165, 1.54) is 0 Å². The first-order chi connectivity index (χ1) is 8.65. The molecule has 100 valence electrons. The number of hydrogen-bond donors (Lipinski definition) is 0. The third-order valence-electron chi connectivity index (χ3n) is 2.78. The van der Waals surface area contributed by atoms with Crippen LogP contribution in [0, 0.1) is 0 Å². The van der Waals surface area contributed by atoms with E-state index in [1.807, 2.05) is 45.0 Å². The zero-order chi connectivity index (χ0) is 13.5. The lowest BCUT2D eigenvalue weighted by Gasteiger charge is -2.23. The lowest BCUT2D eigenvalue weighted by molar-refractivity contribution is -0.130. The van der Waals surface area contributed by atoms with Crippen molar-refractivity contribution < 1.29 is 9.53 Å². The van der Waals surface area contributed by atoms with Crippen molar-refractivity contribution in [3.8, 4) is 5.75 Å². The van der Waals surface area contributed by atoms with Crippen LogP contribution >= 0.6 is 11.6 Å². The minimum Gasteiger partial charge on any atom is -0.494 e. The third-order valence-corrected chi connectivity index (χ3v) is 3.21. The number of rotatable bonds is 6. The standard InChI is InChI=1S/C14H20ClNO2/c1-4-16(5-2)14(17)13(15)11-9-7-8-10-12(11)18-6-3/h7-10,13H,4-6H2,1-3H3. The fourth-order valence-corrected chi connectivity index (χ4v) is 2.12. The predicted octanol–water partition coefficient (Wildman–Crippen LogP) is 3.23. The Bertz CT molecular complexity index is 391. The molecule has 1 aromatic rings. The van der Waals surface area contributed by atoms with Crippen molar-refractivity contribution in [1.29, 1.82) is 0 Å². The van der Waals surface area contributed by atoms with Crippen molar-refractivity contribution >= 4 is 17.5 Å². The maximum Gasteiger partial charge on any atom is 0.245 e. The molecule has 0 radical (unpaired) electrons. The molecule has 1 aromatic carbocycles. The van der Waals surface area contributed by atoms with Crippen LogP contribution in [0.25, 0.3) is 0 Å². The van der Waals surface area contributed by atoms with Crippen LogP contribution < -0.4 is 4.74 Å². The third kappa shape index (κ3) is 3.39. The topological polar surface area (TPSA) is 29.5 Å².